The summed E-state index contributed by atoms with van der Waals surface area (Å²) in [6, 6.07) is 7.95. The van der Waals surface area contributed by atoms with Crippen LogP contribution in [0.1, 0.15) is 41.5 Å². The first kappa shape index (κ1) is 14.5. The van der Waals surface area contributed by atoms with Crippen molar-refractivity contribution < 1.29 is 9.21 Å². The molecule has 2 fully saturated rings. The average Bonchev–Trinajstić information content (AvgIpc) is 3.33. The highest BCUT2D eigenvalue weighted by Crippen LogP contribution is 2.44. The summed E-state index contributed by atoms with van der Waals surface area (Å²) >= 11 is 0. The van der Waals surface area contributed by atoms with Gasteiger partial charge in [0.25, 0.3) is 0 Å². The van der Waals surface area contributed by atoms with E-state index in [1.807, 2.05) is 42.4 Å². The molecule has 2 aliphatic rings. The van der Waals surface area contributed by atoms with E-state index in [0.29, 0.717) is 12.5 Å². The van der Waals surface area contributed by atoms with Gasteiger partial charge in [0.1, 0.15) is 5.58 Å². The summed E-state index contributed by atoms with van der Waals surface area (Å²) < 4.78 is 5.53. The summed E-state index contributed by atoms with van der Waals surface area (Å²) in [7, 11) is 0. The van der Waals surface area contributed by atoms with E-state index in [2.05, 4.69) is 16.4 Å². The molecule has 1 atom stereocenters. The van der Waals surface area contributed by atoms with Crippen molar-refractivity contribution in [3.8, 4) is 0 Å². The number of fused-ring (bicyclic) bond motifs is 1. The molecular weight excluding hydrogens is 314 g/mol. The summed E-state index contributed by atoms with van der Waals surface area (Å²) in [6.07, 6.45) is 7.98. The molecule has 1 saturated heterocycles. The molecule has 5 heteroatoms. The van der Waals surface area contributed by atoms with Crippen molar-refractivity contribution in [3.63, 3.8) is 0 Å². The molecule has 2 amide bonds. The standard InChI is InChI=1S/C20H19N3O2/c1-12-11-25-19-5-4-14(8-16(12)19)23-18(10-22-20(23)24)17-9-21-7-6-15(17)13-2-3-13/h4-9,11,13,18H,2-3,10H2,1H3,(H,22,24). The minimum atomic E-state index is -0.0592. The van der Waals surface area contributed by atoms with Gasteiger partial charge in [-0.2, -0.15) is 0 Å². The molecule has 1 N–H and O–H groups in total. The van der Waals surface area contributed by atoms with Gasteiger partial charge in [0.15, 0.2) is 0 Å². The Kier molecular flexibility index (Phi) is 3.10. The second-order valence-corrected chi connectivity index (χ2v) is 6.95. The third-order valence-corrected chi connectivity index (χ3v) is 5.27. The maximum atomic E-state index is 12.6. The number of aryl methyl sites for hydroxylation is 1. The topological polar surface area (TPSA) is 58.4 Å². The van der Waals surface area contributed by atoms with Crippen LogP contribution in [0, 0.1) is 6.92 Å². The second-order valence-electron chi connectivity index (χ2n) is 6.95. The van der Waals surface area contributed by atoms with Crippen LogP contribution in [0.25, 0.3) is 11.0 Å². The monoisotopic (exact) mass is 333 g/mol. The number of aromatic nitrogens is 1. The van der Waals surface area contributed by atoms with Crippen LogP contribution in [0.4, 0.5) is 10.5 Å². The number of hydrogen-bond donors (Lipinski definition) is 1. The predicted molar refractivity (Wildman–Crippen MR) is 95.8 cm³/mol. The zero-order chi connectivity index (χ0) is 17.0. The van der Waals surface area contributed by atoms with E-state index in [9.17, 15) is 4.79 Å². The van der Waals surface area contributed by atoms with E-state index in [0.717, 1.165) is 27.8 Å². The summed E-state index contributed by atoms with van der Waals surface area (Å²) in [5, 5.41) is 4.04. The molecule has 0 spiro atoms. The van der Waals surface area contributed by atoms with E-state index in [4.69, 9.17) is 4.42 Å². The van der Waals surface area contributed by atoms with Gasteiger partial charge >= 0.3 is 6.03 Å². The van der Waals surface area contributed by atoms with Crippen molar-refractivity contribution in [3.05, 3.63) is 59.6 Å². The van der Waals surface area contributed by atoms with Crippen molar-refractivity contribution in [2.75, 3.05) is 11.4 Å². The lowest BCUT2D eigenvalue weighted by molar-refractivity contribution is 0.251. The lowest BCUT2D eigenvalue weighted by Gasteiger charge is -2.25. The first-order chi connectivity index (χ1) is 12.2. The Morgan fingerprint density at radius 3 is 2.96 bits per heavy atom. The van der Waals surface area contributed by atoms with Crippen LogP contribution < -0.4 is 10.2 Å². The molecule has 0 radical (unpaired) electrons. The number of carbonyl (C=O) groups is 1. The summed E-state index contributed by atoms with van der Waals surface area (Å²) in [6.45, 7) is 2.62. The van der Waals surface area contributed by atoms with Crippen LogP contribution in [0.15, 0.2) is 47.3 Å². The molecule has 2 aromatic heterocycles. The molecule has 1 unspecified atom stereocenters. The zero-order valence-corrected chi connectivity index (χ0v) is 14.0. The van der Waals surface area contributed by atoms with Gasteiger partial charge < -0.3 is 9.73 Å². The van der Waals surface area contributed by atoms with E-state index in [1.54, 1.807) is 6.26 Å². The Labute approximate surface area is 145 Å². The largest absolute Gasteiger partial charge is 0.464 e. The molecular formula is C20H19N3O2. The number of benzene rings is 1. The summed E-state index contributed by atoms with van der Waals surface area (Å²) in [5.41, 5.74) is 5.31. The molecule has 1 aliphatic heterocycles. The smallest absolute Gasteiger partial charge is 0.322 e. The molecule has 3 heterocycles. The maximum Gasteiger partial charge on any atom is 0.322 e. The van der Waals surface area contributed by atoms with Gasteiger partial charge in [-0.15, -0.1) is 0 Å². The van der Waals surface area contributed by atoms with Gasteiger partial charge in [-0.3, -0.25) is 9.88 Å². The summed E-state index contributed by atoms with van der Waals surface area (Å²) in [5.74, 6) is 0.620. The zero-order valence-electron chi connectivity index (χ0n) is 14.0. The average molecular weight is 333 g/mol. The second kappa shape index (κ2) is 5.34. The fraction of sp³-hybridized carbons (Fsp3) is 0.300. The number of anilines is 1. The molecule has 25 heavy (non-hydrogen) atoms. The molecule has 0 bridgehead atoms. The molecule has 5 nitrogen and oxygen atoms in total. The number of carbonyl (C=O) groups excluding carboxylic acids is 1. The third-order valence-electron chi connectivity index (χ3n) is 5.27. The number of nitrogens with one attached hydrogen (secondary N) is 1. The van der Waals surface area contributed by atoms with Gasteiger partial charge in [-0.25, -0.2) is 4.79 Å². The van der Waals surface area contributed by atoms with E-state index < -0.39 is 0 Å². The molecule has 1 saturated carbocycles. The van der Waals surface area contributed by atoms with Gasteiger partial charge in [-0.05, 0) is 66.6 Å². The number of hydrogen-bond acceptors (Lipinski definition) is 3. The number of nitrogens with zero attached hydrogens (tertiary/aromatic N) is 2. The molecule has 126 valence electrons. The Bertz CT molecular complexity index is 974. The third kappa shape index (κ3) is 2.30. The van der Waals surface area contributed by atoms with Crippen molar-refractivity contribution in [2.24, 2.45) is 0 Å². The normalized spacial score (nSPS) is 20.3. The molecule has 5 rings (SSSR count). The number of furan rings is 1. The van der Waals surface area contributed by atoms with Crippen molar-refractivity contribution >= 4 is 22.7 Å². The lowest BCUT2D eigenvalue weighted by atomic mass is 9.98. The van der Waals surface area contributed by atoms with E-state index in [1.165, 1.54) is 18.4 Å². The van der Waals surface area contributed by atoms with Crippen LogP contribution in [0.5, 0.6) is 0 Å². The van der Waals surface area contributed by atoms with Crippen molar-refractivity contribution in [2.45, 2.75) is 31.7 Å². The van der Waals surface area contributed by atoms with Crippen LogP contribution >= 0.6 is 0 Å². The number of rotatable bonds is 3. The quantitative estimate of drug-likeness (QED) is 0.778. The Balaban J connectivity index is 1.60. The maximum absolute atomic E-state index is 12.6. The Morgan fingerprint density at radius 1 is 1.24 bits per heavy atom. The lowest BCUT2D eigenvalue weighted by Crippen LogP contribution is -2.30. The van der Waals surface area contributed by atoms with Crippen LogP contribution in [0.3, 0.4) is 0 Å². The highest BCUT2D eigenvalue weighted by molar-refractivity contribution is 5.97. The predicted octanol–water partition coefficient (Wildman–Crippen LogP) is 4.28. The van der Waals surface area contributed by atoms with Crippen LogP contribution in [0.2, 0.25) is 0 Å². The minimum absolute atomic E-state index is 0.0264. The van der Waals surface area contributed by atoms with Gasteiger partial charge in [0, 0.05) is 30.0 Å². The Hall–Kier alpha value is -2.82. The first-order valence-corrected chi connectivity index (χ1v) is 8.71. The fourth-order valence-electron chi connectivity index (χ4n) is 3.80. The SMILES string of the molecule is Cc1coc2ccc(N3C(=O)NCC3c3cnccc3C3CC3)cc12. The van der Waals surface area contributed by atoms with Gasteiger partial charge in [0.2, 0.25) is 0 Å². The van der Waals surface area contributed by atoms with Gasteiger partial charge in [-0.1, -0.05) is 0 Å². The Morgan fingerprint density at radius 2 is 2.12 bits per heavy atom. The number of urea groups is 1. The molecule has 1 aromatic carbocycles. The minimum Gasteiger partial charge on any atom is -0.464 e. The summed E-state index contributed by atoms with van der Waals surface area (Å²) in [4.78, 5) is 18.8. The first-order valence-electron chi connectivity index (χ1n) is 8.71. The highest BCUT2D eigenvalue weighted by atomic mass is 16.3. The number of pyridine rings is 1. The van der Waals surface area contributed by atoms with Crippen LogP contribution in [-0.4, -0.2) is 17.6 Å². The van der Waals surface area contributed by atoms with Crippen LogP contribution in [-0.2, 0) is 0 Å². The van der Waals surface area contributed by atoms with Crippen molar-refractivity contribution in [1.29, 1.82) is 0 Å². The fourth-order valence-corrected chi connectivity index (χ4v) is 3.80. The van der Waals surface area contributed by atoms with E-state index >= 15 is 0 Å². The highest BCUT2D eigenvalue weighted by Gasteiger charge is 2.37. The molecule has 3 aromatic rings. The van der Waals surface area contributed by atoms with Crippen molar-refractivity contribution in [1.82, 2.24) is 10.3 Å². The van der Waals surface area contributed by atoms with Gasteiger partial charge in [0.05, 0.1) is 12.3 Å². The molecule has 1 aliphatic carbocycles. The number of amides is 2. The van der Waals surface area contributed by atoms with E-state index in [-0.39, 0.29) is 12.1 Å².